The van der Waals surface area contributed by atoms with Crippen LogP contribution >= 0.6 is 11.3 Å². The molecule has 2 aromatic heterocycles. The summed E-state index contributed by atoms with van der Waals surface area (Å²) in [5, 5.41) is 9.42. The number of nitrogens with zero attached hydrogens (tertiary/aromatic N) is 2. The minimum absolute atomic E-state index is 0.192. The topological polar surface area (TPSA) is 66.9 Å². The summed E-state index contributed by atoms with van der Waals surface area (Å²) in [7, 11) is 1.72. The van der Waals surface area contributed by atoms with Gasteiger partial charge in [0.05, 0.1) is 5.39 Å². The summed E-state index contributed by atoms with van der Waals surface area (Å²) < 4.78 is 0. The number of carbonyl (C=O) groups is 1. The molecule has 0 unspecified atom stereocenters. The van der Waals surface area contributed by atoms with Gasteiger partial charge in [0.1, 0.15) is 16.5 Å². The molecule has 118 valence electrons. The molecule has 1 aliphatic carbocycles. The molecule has 5 nitrogen and oxygen atoms in total. The third-order valence-electron chi connectivity index (χ3n) is 4.46. The van der Waals surface area contributed by atoms with Crippen LogP contribution in [-0.4, -0.2) is 29.5 Å². The standard InChI is InChI=1S/C16H22N4OS/c1-10-19-14(13-7-8-22-16(13)20-10)18-9-11-3-5-12(6-4-11)15(21)17-2/h7-8,11-12H,3-6,9H2,1-2H3,(H,17,21)(H,18,19,20). The molecule has 0 atom stereocenters. The third kappa shape index (κ3) is 3.21. The quantitative estimate of drug-likeness (QED) is 0.909. The monoisotopic (exact) mass is 318 g/mol. The fourth-order valence-electron chi connectivity index (χ4n) is 3.17. The number of aromatic nitrogens is 2. The lowest BCUT2D eigenvalue weighted by molar-refractivity contribution is -0.125. The molecule has 0 saturated heterocycles. The van der Waals surface area contributed by atoms with Gasteiger partial charge in [0, 0.05) is 19.5 Å². The molecule has 1 fully saturated rings. The fraction of sp³-hybridized carbons (Fsp3) is 0.562. The van der Waals surface area contributed by atoms with Crippen LogP contribution in [0.4, 0.5) is 5.82 Å². The highest BCUT2D eigenvalue weighted by molar-refractivity contribution is 7.16. The molecule has 0 spiro atoms. The largest absolute Gasteiger partial charge is 0.369 e. The van der Waals surface area contributed by atoms with Crippen LogP contribution in [0.2, 0.25) is 0 Å². The Morgan fingerprint density at radius 2 is 2.09 bits per heavy atom. The number of fused-ring (bicyclic) bond motifs is 1. The molecule has 6 heteroatoms. The van der Waals surface area contributed by atoms with E-state index in [2.05, 4.69) is 32.0 Å². The number of rotatable bonds is 4. The van der Waals surface area contributed by atoms with Crippen molar-refractivity contribution >= 4 is 33.3 Å². The SMILES string of the molecule is CNC(=O)C1CCC(CNc2nc(C)nc3sccc23)CC1. The fourth-order valence-corrected chi connectivity index (χ4v) is 3.98. The molecule has 22 heavy (non-hydrogen) atoms. The molecule has 1 aliphatic rings. The molecule has 0 bridgehead atoms. The highest BCUT2D eigenvalue weighted by Crippen LogP contribution is 2.30. The van der Waals surface area contributed by atoms with Crippen LogP contribution in [0.5, 0.6) is 0 Å². The lowest BCUT2D eigenvalue weighted by Gasteiger charge is -2.27. The summed E-state index contributed by atoms with van der Waals surface area (Å²) in [5.41, 5.74) is 0. The van der Waals surface area contributed by atoms with Gasteiger partial charge in [-0.3, -0.25) is 4.79 Å². The second kappa shape index (κ2) is 6.60. The van der Waals surface area contributed by atoms with Gasteiger partial charge in [-0.2, -0.15) is 0 Å². The predicted molar refractivity (Wildman–Crippen MR) is 90.2 cm³/mol. The first-order chi connectivity index (χ1) is 10.7. The van der Waals surface area contributed by atoms with Crippen molar-refractivity contribution in [3.63, 3.8) is 0 Å². The van der Waals surface area contributed by atoms with Crippen LogP contribution in [0.25, 0.3) is 10.2 Å². The van der Waals surface area contributed by atoms with Crippen molar-refractivity contribution < 1.29 is 4.79 Å². The highest BCUT2D eigenvalue weighted by atomic mass is 32.1. The first kappa shape index (κ1) is 15.2. The van der Waals surface area contributed by atoms with Crippen LogP contribution < -0.4 is 10.6 Å². The van der Waals surface area contributed by atoms with E-state index >= 15 is 0 Å². The maximum atomic E-state index is 11.7. The zero-order chi connectivity index (χ0) is 15.5. The maximum Gasteiger partial charge on any atom is 0.222 e. The number of thiophene rings is 1. The van der Waals surface area contributed by atoms with Gasteiger partial charge in [0.2, 0.25) is 5.91 Å². The van der Waals surface area contributed by atoms with E-state index in [1.807, 2.05) is 6.92 Å². The Labute approximate surface area is 134 Å². The maximum absolute atomic E-state index is 11.7. The number of amides is 1. The zero-order valence-electron chi connectivity index (χ0n) is 13.1. The van der Waals surface area contributed by atoms with E-state index in [1.54, 1.807) is 18.4 Å². The Kier molecular flexibility index (Phi) is 4.57. The number of aryl methyl sites for hydroxylation is 1. The third-order valence-corrected chi connectivity index (χ3v) is 5.27. The first-order valence-electron chi connectivity index (χ1n) is 7.84. The first-order valence-corrected chi connectivity index (χ1v) is 8.72. The second-order valence-electron chi connectivity index (χ2n) is 5.97. The summed E-state index contributed by atoms with van der Waals surface area (Å²) in [6.07, 6.45) is 4.18. The molecule has 3 rings (SSSR count). The van der Waals surface area contributed by atoms with E-state index in [0.29, 0.717) is 5.92 Å². The number of anilines is 1. The van der Waals surface area contributed by atoms with Crippen LogP contribution in [-0.2, 0) is 4.79 Å². The van der Waals surface area contributed by atoms with Crippen molar-refractivity contribution in [2.45, 2.75) is 32.6 Å². The Hall–Kier alpha value is -1.69. The molecule has 2 aromatic rings. The van der Waals surface area contributed by atoms with Crippen LogP contribution in [0.1, 0.15) is 31.5 Å². The normalized spacial score (nSPS) is 21.7. The Bertz CT molecular complexity index is 661. The number of nitrogens with one attached hydrogen (secondary N) is 2. The van der Waals surface area contributed by atoms with Crippen molar-refractivity contribution in [1.82, 2.24) is 15.3 Å². The van der Waals surface area contributed by atoms with E-state index < -0.39 is 0 Å². The van der Waals surface area contributed by atoms with Crippen molar-refractivity contribution in [2.75, 3.05) is 18.9 Å². The number of hydrogen-bond acceptors (Lipinski definition) is 5. The van der Waals surface area contributed by atoms with Crippen molar-refractivity contribution in [3.05, 3.63) is 17.3 Å². The summed E-state index contributed by atoms with van der Waals surface area (Å²) >= 11 is 1.65. The molecule has 2 heterocycles. The lowest BCUT2D eigenvalue weighted by atomic mass is 9.81. The zero-order valence-corrected chi connectivity index (χ0v) is 13.9. The van der Waals surface area contributed by atoms with Gasteiger partial charge >= 0.3 is 0 Å². The highest BCUT2D eigenvalue weighted by Gasteiger charge is 2.25. The molecule has 1 saturated carbocycles. The van der Waals surface area contributed by atoms with Gasteiger partial charge in [0.15, 0.2) is 0 Å². The average Bonchev–Trinajstić information content (AvgIpc) is 3.00. The van der Waals surface area contributed by atoms with E-state index in [9.17, 15) is 4.79 Å². The molecule has 0 aliphatic heterocycles. The molecule has 2 N–H and O–H groups in total. The lowest BCUT2D eigenvalue weighted by Crippen LogP contribution is -2.32. The van der Waals surface area contributed by atoms with E-state index in [1.165, 1.54) is 0 Å². The van der Waals surface area contributed by atoms with Crippen LogP contribution in [0.15, 0.2) is 11.4 Å². The van der Waals surface area contributed by atoms with Gasteiger partial charge < -0.3 is 10.6 Å². The van der Waals surface area contributed by atoms with E-state index in [0.717, 1.165) is 54.1 Å². The van der Waals surface area contributed by atoms with Crippen molar-refractivity contribution in [1.29, 1.82) is 0 Å². The molecular formula is C16H22N4OS. The Morgan fingerprint density at radius 1 is 1.32 bits per heavy atom. The average molecular weight is 318 g/mol. The van der Waals surface area contributed by atoms with Gasteiger partial charge in [-0.1, -0.05) is 0 Å². The molecular weight excluding hydrogens is 296 g/mol. The minimum Gasteiger partial charge on any atom is -0.369 e. The van der Waals surface area contributed by atoms with Crippen LogP contribution in [0, 0.1) is 18.8 Å². The Balaban J connectivity index is 1.59. The van der Waals surface area contributed by atoms with E-state index in [-0.39, 0.29) is 11.8 Å². The minimum atomic E-state index is 0.192. The summed E-state index contributed by atoms with van der Waals surface area (Å²) in [6.45, 7) is 2.85. The molecule has 0 radical (unpaired) electrons. The van der Waals surface area contributed by atoms with Gasteiger partial charge in [0.25, 0.3) is 0 Å². The van der Waals surface area contributed by atoms with Gasteiger partial charge in [-0.05, 0) is 50.0 Å². The summed E-state index contributed by atoms with van der Waals surface area (Å²) in [5.74, 6) is 2.76. The molecule has 0 aromatic carbocycles. The number of carbonyl (C=O) groups excluding carboxylic acids is 1. The van der Waals surface area contributed by atoms with Gasteiger partial charge in [-0.25, -0.2) is 9.97 Å². The predicted octanol–water partition coefficient (Wildman–Crippen LogP) is 2.96. The van der Waals surface area contributed by atoms with Gasteiger partial charge in [-0.15, -0.1) is 11.3 Å². The molecule has 1 amide bonds. The van der Waals surface area contributed by atoms with Crippen LogP contribution in [0.3, 0.4) is 0 Å². The second-order valence-corrected chi connectivity index (χ2v) is 6.87. The van der Waals surface area contributed by atoms with Crippen molar-refractivity contribution in [2.24, 2.45) is 11.8 Å². The summed E-state index contributed by atoms with van der Waals surface area (Å²) in [4.78, 5) is 21.7. The summed E-state index contributed by atoms with van der Waals surface area (Å²) in [6, 6.07) is 2.07. The number of hydrogen-bond donors (Lipinski definition) is 2. The Morgan fingerprint density at radius 3 is 2.82 bits per heavy atom. The smallest absolute Gasteiger partial charge is 0.222 e. The van der Waals surface area contributed by atoms with Crippen molar-refractivity contribution in [3.8, 4) is 0 Å². The van der Waals surface area contributed by atoms with E-state index in [4.69, 9.17) is 0 Å².